The van der Waals surface area contributed by atoms with Crippen LogP contribution in [0.2, 0.25) is 0 Å². The Kier molecular flexibility index (Phi) is 4.22. The summed E-state index contributed by atoms with van der Waals surface area (Å²) >= 11 is 0. The van der Waals surface area contributed by atoms with E-state index in [-0.39, 0.29) is 6.10 Å². The predicted molar refractivity (Wildman–Crippen MR) is 84.8 cm³/mol. The van der Waals surface area contributed by atoms with Crippen LogP contribution in [0.5, 0.6) is 5.75 Å². The minimum absolute atomic E-state index is 0.121. The summed E-state index contributed by atoms with van der Waals surface area (Å²) in [5.74, 6) is 0.747. The lowest BCUT2D eigenvalue weighted by atomic mass is 10.0. The van der Waals surface area contributed by atoms with E-state index in [9.17, 15) is 5.11 Å². The van der Waals surface area contributed by atoms with Crippen molar-refractivity contribution < 1.29 is 9.84 Å². The molecule has 116 valence electrons. The molecule has 1 atom stereocenters. The molecule has 2 aliphatic rings. The third-order valence-electron chi connectivity index (χ3n) is 4.76. The van der Waals surface area contributed by atoms with Crippen LogP contribution in [-0.4, -0.2) is 55.4 Å². The molecule has 0 amide bonds. The highest BCUT2D eigenvalue weighted by Gasteiger charge is 2.29. The summed E-state index contributed by atoms with van der Waals surface area (Å²) in [6.07, 6.45) is 3.11. The summed E-state index contributed by atoms with van der Waals surface area (Å²) in [4.78, 5) is 4.84. The molecule has 0 radical (unpaired) electrons. The van der Waals surface area contributed by atoms with Gasteiger partial charge in [0.15, 0.2) is 0 Å². The van der Waals surface area contributed by atoms with E-state index in [0.29, 0.717) is 11.7 Å². The second-order valence-corrected chi connectivity index (χ2v) is 6.08. The normalized spacial score (nSPS) is 24.5. The molecule has 3 rings (SSSR count). The summed E-state index contributed by atoms with van der Waals surface area (Å²) in [6, 6.07) is 6.62. The van der Waals surface area contributed by atoms with Gasteiger partial charge in [-0.05, 0) is 31.4 Å². The van der Waals surface area contributed by atoms with Crippen molar-refractivity contribution in [3.05, 3.63) is 18.2 Å². The van der Waals surface area contributed by atoms with Gasteiger partial charge in [0, 0.05) is 44.0 Å². The third-order valence-corrected chi connectivity index (χ3v) is 4.76. The zero-order valence-electron chi connectivity index (χ0n) is 12.7. The van der Waals surface area contributed by atoms with E-state index in [1.165, 1.54) is 5.69 Å². The predicted octanol–water partition coefficient (Wildman–Crippen LogP) is 1.31. The van der Waals surface area contributed by atoms with E-state index in [4.69, 9.17) is 10.5 Å². The van der Waals surface area contributed by atoms with Crippen LogP contribution in [-0.2, 0) is 0 Å². The number of nitrogens with zero attached hydrogens (tertiary/aromatic N) is 2. The summed E-state index contributed by atoms with van der Waals surface area (Å²) in [6.45, 7) is 3.98. The number of β-amino-alcohol motifs (C(OH)–C–C–N with tert-alkyl or cyclic N) is 1. The Morgan fingerprint density at radius 2 is 1.95 bits per heavy atom. The molecule has 21 heavy (non-hydrogen) atoms. The molecule has 2 saturated heterocycles. The molecule has 3 N–H and O–H groups in total. The fraction of sp³-hybridized carbons (Fsp3) is 0.625. The lowest BCUT2D eigenvalue weighted by Gasteiger charge is -2.38. The first-order chi connectivity index (χ1) is 10.2. The number of anilines is 2. The minimum Gasteiger partial charge on any atom is -0.495 e. The van der Waals surface area contributed by atoms with Gasteiger partial charge in [0.05, 0.1) is 18.9 Å². The maximum Gasteiger partial charge on any atom is 0.143 e. The van der Waals surface area contributed by atoms with Crippen LogP contribution < -0.4 is 15.4 Å². The summed E-state index contributed by atoms with van der Waals surface area (Å²) < 4.78 is 5.30. The zero-order chi connectivity index (χ0) is 14.8. The zero-order valence-corrected chi connectivity index (χ0v) is 12.7. The van der Waals surface area contributed by atoms with Crippen molar-refractivity contribution in [2.24, 2.45) is 0 Å². The fourth-order valence-electron chi connectivity index (χ4n) is 3.49. The van der Waals surface area contributed by atoms with Gasteiger partial charge in [-0.2, -0.15) is 0 Å². The fourth-order valence-corrected chi connectivity index (χ4v) is 3.49. The number of hydrogen-bond donors (Lipinski definition) is 2. The van der Waals surface area contributed by atoms with Crippen molar-refractivity contribution in [2.45, 2.75) is 31.4 Å². The van der Waals surface area contributed by atoms with Crippen molar-refractivity contribution in [1.29, 1.82) is 0 Å². The average molecular weight is 291 g/mol. The third kappa shape index (κ3) is 3.09. The van der Waals surface area contributed by atoms with Crippen LogP contribution in [0.3, 0.4) is 0 Å². The lowest BCUT2D eigenvalue weighted by Crippen LogP contribution is -2.44. The first-order valence-electron chi connectivity index (χ1n) is 7.78. The molecule has 0 bridgehead atoms. The van der Waals surface area contributed by atoms with Crippen LogP contribution in [0.1, 0.15) is 19.3 Å². The number of nitrogens with two attached hydrogens (primary N) is 1. The highest BCUT2D eigenvalue weighted by Crippen LogP contribution is 2.30. The standard InChI is InChI=1S/C16H25N3O2/c1-21-16-10-13(2-3-15(16)17)18-7-4-12(5-8-18)19-9-6-14(20)11-19/h2-3,10,12,14,20H,4-9,11,17H2,1H3/t14-/m1/s1. The molecule has 5 heteroatoms. The molecule has 0 aliphatic carbocycles. The van der Waals surface area contributed by atoms with E-state index in [0.717, 1.165) is 51.2 Å². The topological polar surface area (TPSA) is 62.0 Å². The van der Waals surface area contributed by atoms with Crippen LogP contribution >= 0.6 is 0 Å². The molecule has 0 saturated carbocycles. The molecule has 0 unspecified atom stereocenters. The number of methoxy groups -OCH3 is 1. The Balaban J connectivity index is 1.60. The van der Waals surface area contributed by atoms with Gasteiger partial charge < -0.3 is 20.5 Å². The Hall–Kier alpha value is -1.46. The molecule has 0 spiro atoms. The van der Waals surface area contributed by atoms with Gasteiger partial charge in [0.1, 0.15) is 5.75 Å². The maximum absolute atomic E-state index is 9.67. The largest absolute Gasteiger partial charge is 0.495 e. The van der Waals surface area contributed by atoms with Crippen molar-refractivity contribution in [3.63, 3.8) is 0 Å². The minimum atomic E-state index is -0.121. The number of ether oxygens (including phenoxy) is 1. The summed E-state index contributed by atoms with van der Waals surface area (Å²) in [5.41, 5.74) is 7.74. The Labute approximate surface area is 126 Å². The first-order valence-corrected chi connectivity index (χ1v) is 7.78. The van der Waals surface area contributed by atoms with Gasteiger partial charge in [-0.15, -0.1) is 0 Å². The molecule has 2 heterocycles. The van der Waals surface area contributed by atoms with E-state index < -0.39 is 0 Å². The molecule has 1 aromatic rings. The molecular formula is C16H25N3O2. The van der Waals surface area contributed by atoms with E-state index in [1.54, 1.807) is 7.11 Å². The first kappa shape index (κ1) is 14.5. The molecule has 1 aromatic carbocycles. The van der Waals surface area contributed by atoms with Crippen LogP contribution in [0.25, 0.3) is 0 Å². The van der Waals surface area contributed by atoms with Crippen LogP contribution in [0.4, 0.5) is 11.4 Å². The second kappa shape index (κ2) is 6.12. The van der Waals surface area contributed by atoms with Crippen molar-refractivity contribution in [3.8, 4) is 5.75 Å². The summed E-state index contributed by atoms with van der Waals surface area (Å²) in [5, 5.41) is 9.67. The van der Waals surface area contributed by atoms with E-state index in [2.05, 4.69) is 15.9 Å². The number of rotatable bonds is 3. The van der Waals surface area contributed by atoms with Crippen LogP contribution in [0.15, 0.2) is 18.2 Å². The second-order valence-electron chi connectivity index (χ2n) is 6.08. The molecule has 2 aliphatic heterocycles. The number of hydrogen-bond acceptors (Lipinski definition) is 5. The number of benzene rings is 1. The van der Waals surface area contributed by atoms with Gasteiger partial charge >= 0.3 is 0 Å². The van der Waals surface area contributed by atoms with Gasteiger partial charge in [-0.3, -0.25) is 4.90 Å². The quantitative estimate of drug-likeness (QED) is 0.822. The lowest BCUT2D eigenvalue weighted by molar-refractivity contribution is 0.148. The smallest absolute Gasteiger partial charge is 0.143 e. The van der Waals surface area contributed by atoms with E-state index >= 15 is 0 Å². The average Bonchev–Trinajstić information content (AvgIpc) is 2.94. The van der Waals surface area contributed by atoms with Gasteiger partial charge in [0.2, 0.25) is 0 Å². The highest BCUT2D eigenvalue weighted by molar-refractivity contribution is 5.62. The number of likely N-dealkylation sites (tertiary alicyclic amines) is 1. The Morgan fingerprint density at radius 1 is 1.19 bits per heavy atom. The van der Waals surface area contributed by atoms with Gasteiger partial charge in [0.25, 0.3) is 0 Å². The molecule has 5 nitrogen and oxygen atoms in total. The maximum atomic E-state index is 9.67. The van der Waals surface area contributed by atoms with Crippen LogP contribution in [0, 0.1) is 0 Å². The Bertz CT molecular complexity index is 486. The number of nitrogen functional groups attached to an aromatic ring is 1. The van der Waals surface area contributed by atoms with Gasteiger partial charge in [-0.25, -0.2) is 0 Å². The van der Waals surface area contributed by atoms with Crippen molar-refractivity contribution in [2.75, 3.05) is 43.9 Å². The van der Waals surface area contributed by atoms with Gasteiger partial charge in [-0.1, -0.05) is 0 Å². The molecule has 0 aromatic heterocycles. The van der Waals surface area contributed by atoms with Crippen molar-refractivity contribution >= 4 is 11.4 Å². The van der Waals surface area contributed by atoms with Crippen molar-refractivity contribution in [1.82, 2.24) is 4.90 Å². The number of aliphatic hydroxyl groups excluding tert-OH is 1. The number of piperidine rings is 1. The molecular weight excluding hydrogens is 266 g/mol. The van der Waals surface area contributed by atoms with E-state index in [1.807, 2.05) is 12.1 Å². The Morgan fingerprint density at radius 3 is 2.57 bits per heavy atom. The molecule has 2 fully saturated rings. The highest BCUT2D eigenvalue weighted by atomic mass is 16.5. The number of aliphatic hydroxyl groups is 1. The summed E-state index contributed by atoms with van der Waals surface area (Å²) in [7, 11) is 1.65. The monoisotopic (exact) mass is 291 g/mol. The SMILES string of the molecule is COc1cc(N2CCC(N3CC[C@@H](O)C3)CC2)ccc1N.